The Balaban J connectivity index is 1.86. The molecule has 0 aliphatic carbocycles. The Labute approximate surface area is 152 Å². The predicted molar refractivity (Wildman–Crippen MR) is 96.4 cm³/mol. The summed E-state index contributed by atoms with van der Waals surface area (Å²) in [4.78, 5) is 26.9. The van der Waals surface area contributed by atoms with Gasteiger partial charge in [0.2, 0.25) is 11.8 Å². The van der Waals surface area contributed by atoms with Crippen LogP contribution in [0.4, 0.5) is 0 Å². The molecule has 0 unspecified atom stereocenters. The summed E-state index contributed by atoms with van der Waals surface area (Å²) in [5, 5.41) is 14.3. The van der Waals surface area contributed by atoms with E-state index in [9.17, 15) is 14.7 Å². The van der Waals surface area contributed by atoms with Gasteiger partial charge in [-0.15, -0.1) is 5.10 Å². The van der Waals surface area contributed by atoms with E-state index in [0.29, 0.717) is 18.4 Å². The van der Waals surface area contributed by atoms with E-state index in [1.807, 2.05) is 45.9 Å². The summed E-state index contributed by atoms with van der Waals surface area (Å²) in [5.41, 5.74) is -0.362. The number of likely N-dealkylation sites (tertiary alicyclic amines) is 1. The zero-order chi connectivity index (χ0) is 19.1. The van der Waals surface area contributed by atoms with Crippen LogP contribution in [0, 0.1) is 0 Å². The van der Waals surface area contributed by atoms with Gasteiger partial charge in [0.05, 0.1) is 6.10 Å². The molecule has 0 atom stereocenters. The number of amides is 1. The molecule has 0 bridgehead atoms. The summed E-state index contributed by atoms with van der Waals surface area (Å²) < 4.78 is 6.25. The van der Waals surface area contributed by atoms with Gasteiger partial charge in [-0.05, 0) is 52.7 Å². The van der Waals surface area contributed by atoms with Crippen LogP contribution in [-0.2, 0) is 11.3 Å². The molecule has 0 spiro atoms. The van der Waals surface area contributed by atoms with Gasteiger partial charge in [-0.2, -0.15) is 4.68 Å². The van der Waals surface area contributed by atoms with E-state index in [0.717, 1.165) is 4.68 Å². The van der Waals surface area contributed by atoms with Gasteiger partial charge < -0.3 is 14.4 Å². The lowest BCUT2D eigenvalue weighted by Crippen LogP contribution is -2.64. The molecule has 1 aliphatic heterocycles. The SMILES string of the molecule is CC1(C)CC(O)CC(C)(C)N1C(=O)Cn1nc(-c2ccccc2)oc1=O. The van der Waals surface area contributed by atoms with Crippen LogP contribution >= 0.6 is 0 Å². The van der Waals surface area contributed by atoms with E-state index < -0.39 is 22.9 Å². The normalized spacial score (nSPS) is 19.5. The van der Waals surface area contributed by atoms with Crippen molar-refractivity contribution in [1.29, 1.82) is 0 Å². The highest BCUT2D eigenvalue weighted by atomic mass is 16.4. The van der Waals surface area contributed by atoms with Crippen molar-refractivity contribution >= 4 is 5.91 Å². The number of rotatable bonds is 3. The highest BCUT2D eigenvalue weighted by Gasteiger charge is 2.47. The second kappa shape index (κ2) is 6.39. The molecule has 26 heavy (non-hydrogen) atoms. The summed E-state index contributed by atoms with van der Waals surface area (Å²) in [5.74, 6) is -0.692. The first-order chi connectivity index (χ1) is 12.1. The molecule has 1 aromatic carbocycles. The van der Waals surface area contributed by atoms with E-state index >= 15 is 0 Å². The summed E-state index contributed by atoms with van der Waals surface area (Å²) >= 11 is 0. The molecule has 7 nitrogen and oxygen atoms in total. The van der Waals surface area contributed by atoms with Gasteiger partial charge in [-0.3, -0.25) is 4.79 Å². The van der Waals surface area contributed by atoms with Crippen LogP contribution in [-0.4, -0.2) is 42.9 Å². The summed E-state index contributed by atoms with van der Waals surface area (Å²) in [6.45, 7) is 7.51. The van der Waals surface area contributed by atoms with Gasteiger partial charge in [0.25, 0.3) is 0 Å². The zero-order valence-corrected chi connectivity index (χ0v) is 15.6. The van der Waals surface area contributed by atoms with Crippen LogP contribution in [0.15, 0.2) is 39.5 Å². The number of piperidine rings is 1. The van der Waals surface area contributed by atoms with Crippen LogP contribution in [0.2, 0.25) is 0 Å². The van der Waals surface area contributed by atoms with Gasteiger partial charge in [-0.1, -0.05) is 18.2 Å². The fourth-order valence-electron chi connectivity index (χ4n) is 4.20. The second-order valence-corrected chi connectivity index (χ2v) is 8.11. The minimum atomic E-state index is -0.662. The molecule has 0 radical (unpaired) electrons. The average molecular weight is 359 g/mol. The van der Waals surface area contributed by atoms with Crippen molar-refractivity contribution in [3.05, 3.63) is 40.9 Å². The Morgan fingerprint density at radius 1 is 1.19 bits per heavy atom. The minimum Gasteiger partial charge on any atom is -0.393 e. The second-order valence-electron chi connectivity index (χ2n) is 8.11. The van der Waals surface area contributed by atoms with E-state index in [1.165, 1.54) is 0 Å². The number of hydrogen-bond acceptors (Lipinski definition) is 5. The maximum absolute atomic E-state index is 13.0. The Hall–Kier alpha value is -2.41. The van der Waals surface area contributed by atoms with Crippen molar-refractivity contribution < 1.29 is 14.3 Å². The maximum atomic E-state index is 13.0. The monoisotopic (exact) mass is 359 g/mol. The van der Waals surface area contributed by atoms with Crippen molar-refractivity contribution in [3.8, 4) is 11.5 Å². The molecule has 140 valence electrons. The molecule has 3 rings (SSSR count). The first-order valence-electron chi connectivity index (χ1n) is 8.75. The number of carbonyl (C=O) groups excluding carboxylic acids is 1. The van der Waals surface area contributed by atoms with Crippen LogP contribution in [0.25, 0.3) is 11.5 Å². The predicted octanol–water partition coefficient (Wildman–Crippen LogP) is 2.04. The number of carbonyl (C=O) groups is 1. The molecule has 1 saturated heterocycles. The van der Waals surface area contributed by atoms with Crippen molar-refractivity contribution in [2.75, 3.05) is 0 Å². The highest BCUT2D eigenvalue weighted by Crippen LogP contribution is 2.38. The third-order valence-corrected chi connectivity index (χ3v) is 4.84. The van der Waals surface area contributed by atoms with Crippen molar-refractivity contribution in [3.63, 3.8) is 0 Å². The zero-order valence-electron chi connectivity index (χ0n) is 15.6. The summed E-state index contributed by atoms with van der Waals surface area (Å²) in [6, 6.07) is 9.08. The van der Waals surface area contributed by atoms with Crippen LogP contribution in [0.5, 0.6) is 0 Å². The fourth-order valence-corrected chi connectivity index (χ4v) is 4.20. The average Bonchev–Trinajstić information content (AvgIpc) is 2.86. The lowest BCUT2D eigenvalue weighted by Gasteiger charge is -2.54. The Kier molecular flexibility index (Phi) is 4.52. The maximum Gasteiger partial charge on any atom is 0.437 e. The minimum absolute atomic E-state index is 0.191. The number of aliphatic hydroxyl groups excluding tert-OH is 1. The van der Waals surface area contributed by atoms with Crippen molar-refractivity contribution in [2.45, 2.75) is 64.3 Å². The Bertz CT molecular complexity index is 833. The molecular weight excluding hydrogens is 334 g/mol. The quantitative estimate of drug-likeness (QED) is 0.906. The summed E-state index contributed by atoms with van der Waals surface area (Å²) in [7, 11) is 0. The molecule has 1 aromatic heterocycles. The van der Waals surface area contributed by atoms with Gasteiger partial charge in [0, 0.05) is 16.6 Å². The molecule has 2 aromatic rings. The van der Waals surface area contributed by atoms with E-state index in [2.05, 4.69) is 5.10 Å². The largest absolute Gasteiger partial charge is 0.437 e. The third-order valence-electron chi connectivity index (χ3n) is 4.84. The number of nitrogens with zero attached hydrogens (tertiary/aromatic N) is 3. The number of aromatic nitrogens is 2. The lowest BCUT2D eigenvalue weighted by molar-refractivity contribution is -0.155. The lowest BCUT2D eigenvalue weighted by atomic mass is 9.78. The molecule has 1 amide bonds. The van der Waals surface area contributed by atoms with Gasteiger partial charge in [-0.25, -0.2) is 4.79 Å². The first-order valence-corrected chi connectivity index (χ1v) is 8.75. The van der Waals surface area contributed by atoms with E-state index in [-0.39, 0.29) is 18.3 Å². The van der Waals surface area contributed by atoms with Crippen molar-refractivity contribution in [2.24, 2.45) is 0 Å². The van der Waals surface area contributed by atoms with Crippen LogP contribution in [0.1, 0.15) is 40.5 Å². The Morgan fingerprint density at radius 2 is 1.77 bits per heavy atom. The van der Waals surface area contributed by atoms with E-state index in [1.54, 1.807) is 17.0 Å². The third kappa shape index (κ3) is 3.44. The van der Waals surface area contributed by atoms with Gasteiger partial charge >= 0.3 is 5.76 Å². The molecular formula is C19H25N3O4. The standard InChI is InChI=1S/C19H25N3O4/c1-18(2)10-14(23)11-19(3,4)22(18)15(24)12-21-17(25)26-16(20-21)13-8-6-5-7-9-13/h5-9,14,23H,10-12H2,1-4H3. The van der Waals surface area contributed by atoms with Crippen LogP contribution < -0.4 is 5.76 Å². The smallest absolute Gasteiger partial charge is 0.393 e. The molecule has 7 heteroatoms. The summed E-state index contributed by atoms with van der Waals surface area (Å²) in [6.07, 6.45) is 0.527. The molecule has 1 fully saturated rings. The number of hydrogen-bond donors (Lipinski definition) is 1. The molecule has 2 heterocycles. The molecule has 1 aliphatic rings. The van der Waals surface area contributed by atoms with Gasteiger partial charge in [0.1, 0.15) is 6.54 Å². The van der Waals surface area contributed by atoms with Crippen LogP contribution in [0.3, 0.4) is 0 Å². The fraction of sp³-hybridized carbons (Fsp3) is 0.526. The number of aliphatic hydroxyl groups is 1. The highest BCUT2D eigenvalue weighted by molar-refractivity contribution is 5.77. The van der Waals surface area contributed by atoms with E-state index in [4.69, 9.17) is 4.42 Å². The molecule has 0 saturated carbocycles. The topological polar surface area (TPSA) is 88.6 Å². The molecule has 1 N–H and O–H groups in total. The Morgan fingerprint density at radius 3 is 2.35 bits per heavy atom. The number of benzene rings is 1. The van der Waals surface area contributed by atoms with Crippen molar-refractivity contribution in [1.82, 2.24) is 14.7 Å². The first kappa shape index (κ1) is 18.4. The van der Waals surface area contributed by atoms with Gasteiger partial charge in [0.15, 0.2) is 0 Å².